The minimum Gasteiger partial charge on any atom is -0.371 e. The number of ether oxygens (including phenoxy) is 1. The molecule has 0 amide bonds. The maximum atomic E-state index is 5.90. The van der Waals surface area contributed by atoms with E-state index in [2.05, 4.69) is 24.3 Å². The summed E-state index contributed by atoms with van der Waals surface area (Å²) in [6.45, 7) is 0.857. The average molecular weight is 177 g/mol. The molecule has 0 saturated carbocycles. The van der Waals surface area contributed by atoms with Crippen LogP contribution in [0.1, 0.15) is 12.0 Å². The number of benzene rings is 1. The molecule has 13 heavy (non-hydrogen) atoms. The van der Waals surface area contributed by atoms with Gasteiger partial charge in [-0.3, -0.25) is 0 Å². The Morgan fingerprint density at radius 2 is 2.08 bits per heavy atom. The number of rotatable bonds is 4. The summed E-state index contributed by atoms with van der Waals surface area (Å²) in [6.07, 6.45) is 2.42. The second-order valence-corrected chi connectivity index (χ2v) is 3.56. The molecule has 0 aromatic heterocycles. The highest BCUT2D eigenvalue weighted by molar-refractivity contribution is 5.14. The first kappa shape index (κ1) is 8.73. The molecule has 1 heterocycles. The van der Waals surface area contributed by atoms with Crippen molar-refractivity contribution in [2.45, 2.75) is 25.0 Å². The van der Waals surface area contributed by atoms with Gasteiger partial charge < -0.3 is 10.5 Å². The fourth-order valence-electron chi connectivity index (χ4n) is 1.47. The van der Waals surface area contributed by atoms with Gasteiger partial charge in [-0.25, -0.2) is 0 Å². The molecule has 2 nitrogen and oxygen atoms in total. The Bertz CT molecular complexity index is 256. The van der Waals surface area contributed by atoms with E-state index in [9.17, 15) is 0 Å². The lowest BCUT2D eigenvalue weighted by molar-refractivity contribution is 0.364. The van der Waals surface area contributed by atoms with Crippen molar-refractivity contribution in [3.05, 3.63) is 35.9 Å². The van der Waals surface area contributed by atoms with Crippen molar-refractivity contribution in [1.29, 1.82) is 0 Å². The van der Waals surface area contributed by atoms with Gasteiger partial charge in [0.2, 0.25) is 0 Å². The average Bonchev–Trinajstić information content (AvgIpc) is 2.99. The van der Waals surface area contributed by atoms with E-state index in [0.717, 1.165) is 19.4 Å². The first-order valence-electron chi connectivity index (χ1n) is 4.77. The van der Waals surface area contributed by atoms with Crippen molar-refractivity contribution in [3.8, 4) is 0 Å². The SMILES string of the molecule is N[C@H](CCc1ccccc1)C1CO1. The van der Waals surface area contributed by atoms with Crippen LogP contribution in [-0.2, 0) is 11.2 Å². The van der Waals surface area contributed by atoms with E-state index >= 15 is 0 Å². The van der Waals surface area contributed by atoms with Gasteiger partial charge in [-0.1, -0.05) is 30.3 Å². The molecule has 2 heteroatoms. The monoisotopic (exact) mass is 177 g/mol. The van der Waals surface area contributed by atoms with Crippen molar-refractivity contribution < 1.29 is 4.74 Å². The van der Waals surface area contributed by atoms with E-state index < -0.39 is 0 Å². The minimum atomic E-state index is 0.222. The van der Waals surface area contributed by atoms with E-state index in [4.69, 9.17) is 10.5 Å². The Morgan fingerprint density at radius 3 is 2.69 bits per heavy atom. The van der Waals surface area contributed by atoms with Gasteiger partial charge in [0.25, 0.3) is 0 Å². The Labute approximate surface area is 78.7 Å². The van der Waals surface area contributed by atoms with E-state index in [0.29, 0.717) is 6.10 Å². The summed E-state index contributed by atoms with van der Waals surface area (Å²) < 4.78 is 5.13. The number of hydrogen-bond donors (Lipinski definition) is 1. The molecule has 70 valence electrons. The number of aryl methyl sites for hydroxylation is 1. The fourth-order valence-corrected chi connectivity index (χ4v) is 1.47. The highest BCUT2D eigenvalue weighted by Gasteiger charge is 2.29. The molecule has 1 aliphatic heterocycles. The third-order valence-corrected chi connectivity index (χ3v) is 2.45. The molecule has 2 atom stereocenters. The van der Waals surface area contributed by atoms with Crippen LogP contribution in [-0.4, -0.2) is 18.8 Å². The molecule has 0 bridgehead atoms. The summed E-state index contributed by atoms with van der Waals surface area (Å²) in [6, 6.07) is 10.7. The zero-order chi connectivity index (χ0) is 9.10. The van der Waals surface area contributed by atoms with Crippen molar-refractivity contribution in [3.63, 3.8) is 0 Å². The van der Waals surface area contributed by atoms with Crippen LogP contribution < -0.4 is 5.73 Å². The molecule has 2 rings (SSSR count). The van der Waals surface area contributed by atoms with Crippen molar-refractivity contribution >= 4 is 0 Å². The maximum Gasteiger partial charge on any atom is 0.0960 e. The molecular weight excluding hydrogens is 162 g/mol. The van der Waals surface area contributed by atoms with Gasteiger partial charge in [0.05, 0.1) is 12.7 Å². The van der Waals surface area contributed by atoms with Crippen LogP contribution in [0.2, 0.25) is 0 Å². The maximum absolute atomic E-state index is 5.90. The van der Waals surface area contributed by atoms with Crippen LogP contribution in [0.3, 0.4) is 0 Å². The van der Waals surface area contributed by atoms with E-state index in [1.165, 1.54) is 5.56 Å². The molecule has 2 N–H and O–H groups in total. The van der Waals surface area contributed by atoms with Gasteiger partial charge in [0.1, 0.15) is 0 Å². The summed E-state index contributed by atoms with van der Waals surface area (Å²) >= 11 is 0. The van der Waals surface area contributed by atoms with Crippen LogP contribution in [0.25, 0.3) is 0 Å². The van der Waals surface area contributed by atoms with Crippen molar-refractivity contribution in [2.75, 3.05) is 6.61 Å². The molecule has 1 unspecified atom stereocenters. The van der Waals surface area contributed by atoms with Crippen LogP contribution >= 0.6 is 0 Å². The lowest BCUT2D eigenvalue weighted by atomic mass is 10.0. The molecule has 0 aliphatic carbocycles. The summed E-state index contributed by atoms with van der Waals surface area (Å²) in [5, 5.41) is 0. The van der Waals surface area contributed by atoms with Gasteiger partial charge in [-0.05, 0) is 18.4 Å². The Balaban J connectivity index is 1.78. The molecule has 0 spiro atoms. The summed E-state index contributed by atoms with van der Waals surface area (Å²) in [4.78, 5) is 0. The Kier molecular flexibility index (Phi) is 2.62. The van der Waals surface area contributed by atoms with Gasteiger partial charge in [0.15, 0.2) is 0 Å². The third-order valence-electron chi connectivity index (χ3n) is 2.45. The van der Waals surface area contributed by atoms with Crippen LogP contribution in [0.15, 0.2) is 30.3 Å². The Hall–Kier alpha value is -0.860. The van der Waals surface area contributed by atoms with Crippen molar-refractivity contribution in [1.82, 2.24) is 0 Å². The quantitative estimate of drug-likeness (QED) is 0.705. The largest absolute Gasteiger partial charge is 0.371 e. The zero-order valence-electron chi connectivity index (χ0n) is 7.65. The topological polar surface area (TPSA) is 38.5 Å². The first-order chi connectivity index (χ1) is 6.36. The van der Waals surface area contributed by atoms with E-state index in [-0.39, 0.29) is 6.04 Å². The smallest absolute Gasteiger partial charge is 0.0960 e. The van der Waals surface area contributed by atoms with Gasteiger partial charge >= 0.3 is 0 Å². The second kappa shape index (κ2) is 3.90. The molecule has 1 fully saturated rings. The normalized spacial score (nSPS) is 22.7. The zero-order valence-corrected chi connectivity index (χ0v) is 7.65. The van der Waals surface area contributed by atoms with Crippen molar-refractivity contribution in [2.24, 2.45) is 5.73 Å². The standard InChI is InChI=1S/C11H15NO/c12-10(11-8-13-11)7-6-9-4-2-1-3-5-9/h1-5,10-11H,6-8,12H2/t10-,11?/m1/s1. The fraction of sp³-hybridized carbons (Fsp3) is 0.455. The number of hydrogen-bond acceptors (Lipinski definition) is 2. The number of nitrogens with two attached hydrogens (primary N) is 1. The third kappa shape index (κ3) is 2.54. The van der Waals surface area contributed by atoms with Crippen LogP contribution in [0, 0.1) is 0 Å². The van der Waals surface area contributed by atoms with Gasteiger partial charge in [0, 0.05) is 6.04 Å². The lowest BCUT2D eigenvalue weighted by Gasteiger charge is -2.07. The lowest BCUT2D eigenvalue weighted by Crippen LogP contribution is -2.26. The predicted octanol–water partition coefficient (Wildman–Crippen LogP) is 1.35. The molecular formula is C11H15NO. The van der Waals surface area contributed by atoms with E-state index in [1.807, 2.05) is 6.07 Å². The molecule has 1 aromatic rings. The van der Waals surface area contributed by atoms with Gasteiger partial charge in [-0.15, -0.1) is 0 Å². The van der Waals surface area contributed by atoms with E-state index in [1.54, 1.807) is 0 Å². The molecule has 1 aliphatic rings. The number of epoxide rings is 1. The second-order valence-electron chi connectivity index (χ2n) is 3.56. The van der Waals surface area contributed by atoms with Crippen LogP contribution in [0.5, 0.6) is 0 Å². The van der Waals surface area contributed by atoms with Crippen LogP contribution in [0.4, 0.5) is 0 Å². The highest BCUT2D eigenvalue weighted by atomic mass is 16.6. The summed E-state index contributed by atoms with van der Waals surface area (Å²) in [5.74, 6) is 0. The summed E-state index contributed by atoms with van der Waals surface area (Å²) in [5.41, 5.74) is 7.26. The predicted molar refractivity (Wildman–Crippen MR) is 52.5 cm³/mol. The van der Waals surface area contributed by atoms with Gasteiger partial charge in [-0.2, -0.15) is 0 Å². The molecule has 1 aromatic carbocycles. The molecule has 1 saturated heterocycles. The summed E-state index contributed by atoms with van der Waals surface area (Å²) in [7, 11) is 0. The molecule has 0 radical (unpaired) electrons. The highest BCUT2D eigenvalue weighted by Crippen LogP contribution is 2.16. The minimum absolute atomic E-state index is 0.222. The first-order valence-corrected chi connectivity index (χ1v) is 4.77. The Morgan fingerprint density at radius 1 is 1.38 bits per heavy atom.